The molecule has 0 bridgehead atoms. The molecule has 0 radical (unpaired) electrons. The van der Waals surface area contributed by atoms with Crippen LogP contribution in [-0.2, 0) is 16.6 Å². The Morgan fingerprint density at radius 3 is 2.78 bits per heavy atom. The van der Waals surface area contributed by atoms with Crippen molar-refractivity contribution < 1.29 is 8.42 Å². The molecule has 0 amide bonds. The minimum atomic E-state index is -3.40. The van der Waals surface area contributed by atoms with Crippen LogP contribution in [0.25, 0.3) is 0 Å². The van der Waals surface area contributed by atoms with E-state index < -0.39 is 10.0 Å². The summed E-state index contributed by atoms with van der Waals surface area (Å²) >= 11 is 1.64. The molecule has 0 aromatic carbocycles. The van der Waals surface area contributed by atoms with Crippen LogP contribution < -0.4 is 5.32 Å². The predicted molar refractivity (Wildman–Crippen MR) is 76.3 cm³/mol. The number of hydrogen-bond acceptors (Lipinski definition) is 4. The Labute approximate surface area is 113 Å². The molecule has 1 atom stereocenters. The molecule has 1 aromatic heterocycles. The van der Waals surface area contributed by atoms with Crippen molar-refractivity contribution in [1.82, 2.24) is 14.6 Å². The maximum Gasteiger partial charge on any atom is 0.244 e. The third-order valence-electron chi connectivity index (χ3n) is 2.79. The molecule has 1 heterocycles. The number of thioether (sulfide) groups is 1. The third kappa shape index (κ3) is 3.50. The second kappa shape index (κ2) is 6.60. The average molecular weight is 291 g/mol. The zero-order valence-electron chi connectivity index (χ0n) is 11.2. The maximum absolute atomic E-state index is 12.3. The standard InChI is InChI=1S/C11H21N3O2S2/c1-9(8-17-4)14(3)18(15,16)11-5-10(6-12-2)13-7-11/h5,7,9,12-13H,6,8H2,1-4H3. The van der Waals surface area contributed by atoms with Crippen LogP contribution in [0.15, 0.2) is 17.2 Å². The van der Waals surface area contributed by atoms with Crippen molar-refractivity contribution >= 4 is 21.8 Å². The fourth-order valence-electron chi connectivity index (χ4n) is 1.61. The first-order valence-corrected chi connectivity index (χ1v) is 8.55. The highest BCUT2D eigenvalue weighted by molar-refractivity contribution is 7.98. The number of hydrogen-bond donors (Lipinski definition) is 2. The molecule has 0 aliphatic rings. The molecule has 5 nitrogen and oxygen atoms in total. The highest BCUT2D eigenvalue weighted by atomic mass is 32.2. The van der Waals surface area contributed by atoms with Gasteiger partial charge in [0.1, 0.15) is 0 Å². The Kier molecular flexibility index (Phi) is 5.71. The molecule has 0 aliphatic heterocycles. The van der Waals surface area contributed by atoms with Crippen molar-refractivity contribution in [2.45, 2.75) is 24.4 Å². The monoisotopic (exact) mass is 291 g/mol. The Morgan fingerprint density at radius 2 is 2.22 bits per heavy atom. The average Bonchev–Trinajstić information content (AvgIpc) is 2.78. The highest BCUT2D eigenvalue weighted by Gasteiger charge is 2.25. The van der Waals surface area contributed by atoms with Crippen molar-refractivity contribution in [1.29, 1.82) is 0 Å². The number of nitrogens with one attached hydrogen (secondary N) is 2. The van der Waals surface area contributed by atoms with Gasteiger partial charge in [-0.05, 0) is 26.3 Å². The fourth-order valence-corrected chi connectivity index (χ4v) is 3.79. The summed E-state index contributed by atoms with van der Waals surface area (Å²) in [5.41, 5.74) is 0.863. The van der Waals surface area contributed by atoms with Crippen LogP contribution in [0.1, 0.15) is 12.6 Å². The van der Waals surface area contributed by atoms with E-state index in [-0.39, 0.29) is 6.04 Å². The minimum absolute atomic E-state index is 0.0207. The maximum atomic E-state index is 12.3. The highest BCUT2D eigenvalue weighted by Crippen LogP contribution is 2.18. The number of aromatic amines is 1. The van der Waals surface area contributed by atoms with Crippen molar-refractivity contribution in [3.8, 4) is 0 Å². The van der Waals surface area contributed by atoms with E-state index in [1.165, 1.54) is 4.31 Å². The van der Waals surface area contributed by atoms with Crippen LogP contribution in [0.3, 0.4) is 0 Å². The van der Waals surface area contributed by atoms with Gasteiger partial charge < -0.3 is 10.3 Å². The van der Waals surface area contributed by atoms with Crippen LogP contribution in [0, 0.1) is 0 Å². The van der Waals surface area contributed by atoms with Gasteiger partial charge in [0.05, 0.1) is 4.90 Å². The number of aromatic nitrogens is 1. The largest absolute Gasteiger partial charge is 0.363 e. The van der Waals surface area contributed by atoms with Gasteiger partial charge in [0, 0.05) is 37.3 Å². The summed E-state index contributed by atoms with van der Waals surface area (Å²) in [5, 5.41) is 2.98. The van der Waals surface area contributed by atoms with Crippen molar-refractivity contribution in [2.75, 3.05) is 26.1 Å². The summed E-state index contributed by atoms with van der Waals surface area (Å²) in [6, 6.07) is 1.65. The zero-order valence-corrected chi connectivity index (χ0v) is 12.9. The Morgan fingerprint density at radius 1 is 1.56 bits per heavy atom. The van der Waals surface area contributed by atoms with E-state index >= 15 is 0 Å². The first-order valence-electron chi connectivity index (χ1n) is 5.72. The Balaban J connectivity index is 2.90. The van der Waals surface area contributed by atoms with Gasteiger partial charge in [0.25, 0.3) is 0 Å². The second-order valence-corrected chi connectivity index (χ2v) is 7.12. The molecular formula is C11H21N3O2S2. The van der Waals surface area contributed by atoms with E-state index in [0.29, 0.717) is 11.4 Å². The summed E-state index contributed by atoms with van der Waals surface area (Å²) < 4.78 is 26.1. The van der Waals surface area contributed by atoms with Gasteiger partial charge >= 0.3 is 0 Å². The van der Waals surface area contributed by atoms with Crippen LogP contribution in [0.5, 0.6) is 0 Å². The molecule has 18 heavy (non-hydrogen) atoms. The molecule has 7 heteroatoms. The van der Waals surface area contributed by atoms with Gasteiger partial charge in [-0.2, -0.15) is 16.1 Å². The number of nitrogens with zero attached hydrogens (tertiary/aromatic N) is 1. The Bertz CT molecular complexity index is 470. The van der Waals surface area contributed by atoms with E-state index in [4.69, 9.17) is 0 Å². The quantitative estimate of drug-likeness (QED) is 0.790. The van der Waals surface area contributed by atoms with Gasteiger partial charge in [-0.25, -0.2) is 8.42 Å². The zero-order chi connectivity index (χ0) is 13.8. The Hall–Kier alpha value is -0.500. The molecule has 104 valence electrons. The van der Waals surface area contributed by atoms with Crippen LogP contribution in [-0.4, -0.2) is 49.9 Å². The van der Waals surface area contributed by atoms with Crippen LogP contribution in [0.4, 0.5) is 0 Å². The van der Waals surface area contributed by atoms with Gasteiger partial charge in [0.2, 0.25) is 10.0 Å². The fraction of sp³-hybridized carbons (Fsp3) is 0.636. The van der Waals surface area contributed by atoms with Crippen molar-refractivity contribution in [3.63, 3.8) is 0 Å². The summed E-state index contributed by atoms with van der Waals surface area (Å²) in [5.74, 6) is 0.781. The number of H-pyrrole nitrogens is 1. The molecule has 0 fully saturated rings. The van der Waals surface area contributed by atoms with E-state index in [2.05, 4.69) is 10.3 Å². The lowest BCUT2D eigenvalue weighted by Crippen LogP contribution is -2.36. The molecule has 0 aliphatic carbocycles. The van der Waals surface area contributed by atoms with E-state index in [1.54, 1.807) is 31.1 Å². The molecule has 1 rings (SSSR count). The summed E-state index contributed by atoms with van der Waals surface area (Å²) in [6.45, 7) is 2.54. The van der Waals surface area contributed by atoms with Gasteiger partial charge in [-0.3, -0.25) is 0 Å². The topological polar surface area (TPSA) is 65.2 Å². The molecule has 2 N–H and O–H groups in total. The first-order chi connectivity index (χ1) is 8.43. The smallest absolute Gasteiger partial charge is 0.244 e. The molecule has 0 saturated carbocycles. The normalized spacial score (nSPS) is 14.1. The van der Waals surface area contributed by atoms with Crippen molar-refractivity contribution in [3.05, 3.63) is 18.0 Å². The lowest BCUT2D eigenvalue weighted by molar-refractivity contribution is 0.415. The summed E-state index contributed by atoms with van der Waals surface area (Å²) in [7, 11) is 0.0501. The predicted octanol–water partition coefficient (Wildman–Crippen LogP) is 1.11. The lowest BCUT2D eigenvalue weighted by Gasteiger charge is -2.22. The summed E-state index contributed by atoms with van der Waals surface area (Å²) in [4.78, 5) is 3.29. The molecule has 0 saturated heterocycles. The molecule has 1 aromatic rings. The minimum Gasteiger partial charge on any atom is -0.363 e. The number of rotatable bonds is 7. The SMILES string of the molecule is CNCc1cc(S(=O)(=O)N(C)C(C)CSC)c[nH]1. The third-order valence-corrected chi connectivity index (χ3v) is 5.55. The van der Waals surface area contributed by atoms with Gasteiger partial charge in [-0.1, -0.05) is 0 Å². The lowest BCUT2D eigenvalue weighted by atomic mass is 10.4. The number of sulfonamides is 1. The molecular weight excluding hydrogens is 270 g/mol. The van der Waals surface area contributed by atoms with E-state index in [1.807, 2.05) is 20.2 Å². The van der Waals surface area contributed by atoms with Crippen LogP contribution in [0.2, 0.25) is 0 Å². The van der Waals surface area contributed by atoms with E-state index in [9.17, 15) is 8.42 Å². The summed E-state index contributed by atoms with van der Waals surface area (Å²) in [6.07, 6.45) is 3.52. The van der Waals surface area contributed by atoms with Gasteiger partial charge in [-0.15, -0.1) is 0 Å². The van der Waals surface area contributed by atoms with Crippen molar-refractivity contribution in [2.24, 2.45) is 0 Å². The van der Waals surface area contributed by atoms with Crippen LogP contribution >= 0.6 is 11.8 Å². The van der Waals surface area contributed by atoms with E-state index in [0.717, 1.165) is 11.4 Å². The first kappa shape index (κ1) is 15.6. The molecule has 0 spiro atoms. The second-order valence-electron chi connectivity index (χ2n) is 4.22. The van der Waals surface area contributed by atoms with Gasteiger partial charge in [0.15, 0.2) is 0 Å². The molecule has 1 unspecified atom stereocenters.